The highest BCUT2D eigenvalue weighted by Crippen LogP contribution is 2.34. The van der Waals surface area contributed by atoms with E-state index < -0.39 is 29.6 Å². The van der Waals surface area contributed by atoms with Crippen LogP contribution in [0.2, 0.25) is 0 Å². The average Bonchev–Trinajstić information content (AvgIpc) is 2.92. The predicted molar refractivity (Wildman–Crippen MR) is 93.4 cm³/mol. The van der Waals surface area contributed by atoms with Gasteiger partial charge in [-0.25, -0.2) is 15.5 Å². The molecule has 0 bridgehead atoms. The van der Waals surface area contributed by atoms with Crippen LogP contribution in [0.3, 0.4) is 0 Å². The van der Waals surface area contributed by atoms with Gasteiger partial charge in [-0.1, -0.05) is 60.7 Å². The molecule has 1 fully saturated rings. The van der Waals surface area contributed by atoms with Crippen LogP contribution in [0.1, 0.15) is 24.1 Å². The Bertz CT molecular complexity index is 825. The Morgan fingerprint density at radius 3 is 2.27 bits per heavy atom. The van der Waals surface area contributed by atoms with Crippen LogP contribution in [-0.2, 0) is 20.7 Å². The van der Waals surface area contributed by atoms with E-state index in [1.165, 1.54) is 0 Å². The van der Waals surface area contributed by atoms with Crippen molar-refractivity contribution in [2.75, 3.05) is 0 Å². The van der Waals surface area contributed by atoms with Gasteiger partial charge < -0.3 is 4.74 Å². The predicted octanol–water partition coefficient (Wildman–Crippen LogP) is 1.70. The first kappa shape index (κ1) is 17.6. The number of hydrazine groups is 1. The molecule has 0 spiro atoms. The summed E-state index contributed by atoms with van der Waals surface area (Å²) in [6, 6.07) is 17.3. The molecule has 2 atom stereocenters. The van der Waals surface area contributed by atoms with E-state index in [0.29, 0.717) is 5.56 Å². The van der Waals surface area contributed by atoms with Gasteiger partial charge in [0.25, 0.3) is 17.4 Å². The van der Waals surface area contributed by atoms with Crippen molar-refractivity contribution < 1.29 is 19.1 Å². The number of cyclic esters (lactones) is 1. The smallest absolute Gasteiger partial charge is 0.418 e. The third kappa shape index (κ3) is 2.93. The summed E-state index contributed by atoms with van der Waals surface area (Å²) in [6.45, 7) is 1.70. The van der Waals surface area contributed by atoms with Crippen LogP contribution in [0.5, 0.6) is 0 Å². The number of amides is 3. The molecular weight excluding hydrogens is 334 g/mol. The van der Waals surface area contributed by atoms with E-state index in [0.717, 1.165) is 10.5 Å². The number of imide groups is 1. The number of hydrogen-bond acceptors (Lipinski definition) is 5. The van der Waals surface area contributed by atoms with E-state index >= 15 is 0 Å². The number of rotatable bonds is 5. The lowest BCUT2D eigenvalue weighted by Gasteiger charge is -2.24. The first-order valence-corrected chi connectivity index (χ1v) is 8.16. The first-order valence-electron chi connectivity index (χ1n) is 8.16. The number of hydrogen-bond donors (Lipinski definition) is 2. The van der Waals surface area contributed by atoms with Crippen LogP contribution in [0.15, 0.2) is 60.7 Å². The van der Waals surface area contributed by atoms with Gasteiger partial charge in [-0.15, -0.1) is 0 Å². The fourth-order valence-corrected chi connectivity index (χ4v) is 3.07. The SMILES string of the molecule is C[C@H](c1ccccc1)N1C(=O)O[C@](Cc2ccccc2)(C(=O)NN)C1=O. The van der Waals surface area contributed by atoms with Crippen molar-refractivity contribution >= 4 is 17.9 Å². The van der Waals surface area contributed by atoms with Crippen LogP contribution in [0, 0.1) is 0 Å². The molecule has 0 aromatic heterocycles. The Labute approximate surface area is 150 Å². The Balaban J connectivity index is 1.98. The van der Waals surface area contributed by atoms with Gasteiger partial charge in [0.2, 0.25) is 0 Å². The van der Waals surface area contributed by atoms with Crippen LogP contribution < -0.4 is 11.3 Å². The molecule has 26 heavy (non-hydrogen) atoms. The molecule has 0 radical (unpaired) electrons. The van der Waals surface area contributed by atoms with E-state index in [4.69, 9.17) is 10.6 Å². The third-order valence-electron chi connectivity index (χ3n) is 4.49. The van der Waals surface area contributed by atoms with Gasteiger partial charge in [0.1, 0.15) is 0 Å². The topological polar surface area (TPSA) is 102 Å². The lowest BCUT2D eigenvalue weighted by molar-refractivity contribution is -0.150. The van der Waals surface area contributed by atoms with Gasteiger partial charge in [-0.2, -0.15) is 0 Å². The van der Waals surface area contributed by atoms with Crippen molar-refractivity contribution in [2.45, 2.75) is 25.0 Å². The molecule has 7 heteroatoms. The molecule has 1 heterocycles. The quantitative estimate of drug-likeness (QED) is 0.369. The summed E-state index contributed by atoms with van der Waals surface area (Å²) >= 11 is 0. The molecule has 2 aromatic rings. The first-order chi connectivity index (χ1) is 12.5. The van der Waals surface area contributed by atoms with Gasteiger partial charge in [-0.3, -0.25) is 15.0 Å². The molecule has 1 aliphatic rings. The molecular formula is C19H19N3O4. The van der Waals surface area contributed by atoms with Gasteiger partial charge in [0.15, 0.2) is 0 Å². The van der Waals surface area contributed by atoms with E-state index in [9.17, 15) is 14.4 Å². The largest absolute Gasteiger partial charge is 0.422 e. The molecule has 3 N–H and O–H groups in total. The van der Waals surface area contributed by atoms with E-state index in [1.807, 2.05) is 29.7 Å². The van der Waals surface area contributed by atoms with Crippen LogP contribution >= 0.6 is 0 Å². The summed E-state index contributed by atoms with van der Waals surface area (Å²) in [7, 11) is 0. The second-order valence-corrected chi connectivity index (χ2v) is 6.09. The summed E-state index contributed by atoms with van der Waals surface area (Å²) in [5.74, 6) is 3.68. The maximum Gasteiger partial charge on any atom is 0.418 e. The standard InChI is InChI=1S/C19H19N3O4/c1-13(15-10-6-3-7-11-15)22-17(24)19(16(23)21-20,26-18(22)25)12-14-8-4-2-5-9-14/h2-11,13H,12,20H2,1H3,(H,21,23)/t13-,19-/m1/s1. The van der Waals surface area contributed by atoms with Crippen molar-refractivity contribution in [1.29, 1.82) is 0 Å². The Morgan fingerprint density at radius 2 is 1.69 bits per heavy atom. The second-order valence-electron chi connectivity index (χ2n) is 6.09. The summed E-state index contributed by atoms with van der Waals surface area (Å²) in [6.07, 6.45) is -0.967. The lowest BCUT2D eigenvalue weighted by atomic mass is 9.92. The number of nitrogens with one attached hydrogen (secondary N) is 1. The zero-order chi connectivity index (χ0) is 18.7. The van der Waals surface area contributed by atoms with Gasteiger partial charge in [0.05, 0.1) is 6.04 Å². The number of carbonyl (C=O) groups is 3. The Kier molecular flexibility index (Phi) is 4.73. The van der Waals surface area contributed by atoms with E-state index in [-0.39, 0.29) is 6.42 Å². The number of carbonyl (C=O) groups excluding carboxylic acids is 3. The maximum atomic E-state index is 13.1. The monoisotopic (exact) mass is 353 g/mol. The summed E-state index contributed by atoms with van der Waals surface area (Å²) in [4.78, 5) is 39.0. The highest BCUT2D eigenvalue weighted by molar-refractivity contribution is 6.17. The molecule has 1 saturated heterocycles. The number of ether oxygens (including phenoxy) is 1. The van der Waals surface area contributed by atoms with E-state index in [1.54, 1.807) is 43.3 Å². The minimum absolute atomic E-state index is 0.0978. The van der Waals surface area contributed by atoms with Crippen molar-refractivity contribution in [3.8, 4) is 0 Å². The lowest BCUT2D eigenvalue weighted by Crippen LogP contribution is -2.56. The van der Waals surface area contributed by atoms with Crippen LogP contribution in [-0.4, -0.2) is 28.4 Å². The molecule has 134 valence electrons. The minimum Gasteiger partial charge on any atom is -0.422 e. The minimum atomic E-state index is -2.02. The maximum absolute atomic E-state index is 13.1. The number of nitrogens with zero attached hydrogens (tertiary/aromatic N) is 1. The molecule has 1 aliphatic heterocycles. The van der Waals surface area contributed by atoms with Crippen molar-refractivity contribution in [1.82, 2.24) is 10.3 Å². The molecule has 3 rings (SSSR count). The number of benzene rings is 2. The van der Waals surface area contributed by atoms with Gasteiger partial charge in [0, 0.05) is 6.42 Å². The zero-order valence-electron chi connectivity index (χ0n) is 14.2. The van der Waals surface area contributed by atoms with Crippen LogP contribution in [0.4, 0.5) is 4.79 Å². The van der Waals surface area contributed by atoms with Crippen molar-refractivity contribution in [2.24, 2.45) is 5.84 Å². The molecule has 0 unspecified atom stereocenters. The average molecular weight is 353 g/mol. The fraction of sp³-hybridized carbons (Fsp3) is 0.211. The van der Waals surface area contributed by atoms with Crippen LogP contribution in [0.25, 0.3) is 0 Å². The van der Waals surface area contributed by atoms with Crippen molar-refractivity contribution in [3.63, 3.8) is 0 Å². The van der Waals surface area contributed by atoms with E-state index in [2.05, 4.69) is 0 Å². The second kappa shape index (κ2) is 6.97. The molecule has 7 nitrogen and oxygen atoms in total. The normalized spacial score (nSPS) is 20.6. The molecule has 3 amide bonds. The highest BCUT2D eigenvalue weighted by atomic mass is 16.6. The fourth-order valence-electron chi connectivity index (χ4n) is 3.07. The summed E-state index contributed by atoms with van der Waals surface area (Å²) in [5, 5.41) is 0. The highest BCUT2D eigenvalue weighted by Gasteiger charge is 2.60. The van der Waals surface area contributed by atoms with Gasteiger partial charge >= 0.3 is 6.09 Å². The number of nitrogens with two attached hydrogens (primary N) is 1. The summed E-state index contributed by atoms with van der Waals surface area (Å²) < 4.78 is 5.32. The zero-order valence-corrected chi connectivity index (χ0v) is 14.2. The van der Waals surface area contributed by atoms with Crippen molar-refractivity contribution in [3.05, 3.63) is 71.8 Å². The molecule has 0 saturated carbocycles. The molecule has 2 aromatic carbocycles. The molecule has 0 aliphatic carbocycles. The third-order valence-corrected chi connectivity index (χ3v) is 4.49. The Hall–Kier alpha value is -3.19. The summed E-state index contributed by atoms with van der Waals surface area (Å²) in [5.41, 5.74) is 1.36. The van der Waals surface area contributed by atoms with Gasteiger partial charge in [-0.05, 0) is 18.1 Å². The Morgan fingerprint density at radius 1 is 1.12 bits per heavy atom.